The molecule has 0 bridgehead atoms. The standard InChI is InChI=1S/C16H21N5O/c1-2-13-10-14(20-19-13)16(22)18-11-12-5-6-17-15(9-12)21-7-3-4-8-21/h5-6,9-10H,2-4,7-8,11H2,1H3,(H,18,22)(H,19,20). The topological polar surface area (TPSA) is 73.9 Å². The van der Waals surface area contributed by atoms with Crippen molar-refractivity contribution < 1.29 is 4.79 Å². The zero-order valence-electron chi connectivity index (χ0n) is 12.8. The van der Waals surface area contributed by atoms with E-state index in [1.54, 1.807) is 12.3 Å². The summed E-state index contributed by atoms with van der Waals surface area (Å²) >= 11 is 0. The molecular formula is C16H21N5O. The van der Waals surface area contributed by atoms with Crippen molar-refractivity contribution in [2.24, 2.45) is 0 Å². The lowest BCUT2D eigenvalue weighted by Gasteiger charge is -2.16. The van der Waals surface area contributed by atoms with E-state index >= 15 is 0 Å². The fourth-order valence-electron chi connectivity index (χ4n) is 2.62. The van der Waals surface area contributed by atoms with Crippen molar-refractivity contribution in [2.75, 3.05) is 18.0 Å². The van der Waals surface area contributed by atoms with E-state index in [1.165, 1.54) is 12.8 Å². The summed E-state index contributed by atoms with van der Waals surface area (Å²) in [5.74, 6) is 0.841. The van der Waals surface area contributed by atoms with Crippen LogP contribution in [0.1, 0.15) is 41.5 Å². The molecule has 1 fully saturated rings. The smallest absolute Gasteiger partial charge is 0.272 e. The highest BCUT2D eigenvalue weighted by atomic mass is 16.1. The first-order valence-electron chi connectivity index (χ1n) is 7.78. The Kier molecular flexibility index (Phi) is 4.37. The third-order valence-electron chi connectivity index (χ3n) is 3.94. The molecule has 3 heterocycles. The molecule has 0 spiro atoms. The molecule has 6 heteroatoms. The van der Waals surface area contributed by atoms with Crippen LogP contribution in [0.5, 0.6) is 0 Å². The molecular weight excluding hydrogens is 278 g/mol. The van der Waals surface area contributed by atoms with Gasteiger partial charge in [0.1, 0.15) is 11.5 Å². The van der Waals surface area contributed by atoms with Crippen molar-refractivity contribution in [1.29, 1.82) is 0 Å². The van der Waals surface area contributed by atoms with E-state index in [1.807, 2.05) is 19.1 Å². The summed E-state index contributed by atoms with van der Waals surface area (Å²) in [6, 6.07) is 5.77. The number of anilines is 1. The van der Waals surface area contributed by atoms with Gasteiger partial charge in [-0.2, -0.15) is 5.10 Å². The minimum absolute atomic E-state index is 0.157. The molecule has 0 radical (unpaired) electrons. The third kappa shape index (κ3) is 3.27. The first kappa shape index (κ1) is 14.6. The maximum atomic E-state index is 12.1. The summed E-state index contributed by atoms with van der Waals surface area (Å²) in [6.45, 7) is 4.63. The number of aromatic amines is 1. The van der Waals surface area contributed by atoms with Crippen LogP contribution >= 0.6 is 0 Å². The molecule has 1 amide bonds. The van der Waals surface area contributed by atoms with Gasteiger partial charge >= 0.3 is 0 Å². The third-order valence-corrected chi connectivity index (χ3v) is 3.94. The second-order valence-corrected chi connectivity index (χ2v) is 5.53. The molecule has 0 saturated carbocycles. The van der Waals surface area contributed by atoms with E-state index in [2.05, 4.69) is 25.4 Å². The van der Waals surface area contributed by atoms with Crippen LogP contribution in [0.3, 0.4) is 0 Å². The monoisotopic (exact) mass is 299 g/mol. The number of rotatable bonds is 5. The van der Waals surface area contributed by atoms with E-state index in [-0.39, 0.29) is 5.91 Å². The molecule has 1 saturated heterocycles. The number of nitrogens with zero attached hydrogens (tertiary/aromatic N) is 3. The number of pyridine rings is 1. The van der Waals surface area contributed by atoms with Gasteiger partial charge in [0.05, 0.1) is 0 Å². The van der Waals surface area contributed by atoms with Crippen molar-refractivity contribution in [3.05, 3.63) is 41.3 Å². The molecule has 6 nitrogen and oxygen atoms in total. The van der Waals surface area contributed by atoms with Crippen molar-refractivity contribution in [3.8, 4) is 0 Å². The molecule has 2 N–H and O–H groups in total. The Morgan fingerprint density at radius 3 is 2.91 bits per heavy atom. The second kappa shape index (κ2) is 6.60. The summed E-state index contributed by atoms with van der Waals surface area (Å²) in [6.07, 6.45) is 5.09. The predicted molar refractivity (Wildman–Crippen MR) is 84.8 cm³/mol. The predicted octanol–water partition coefficient (Wildman–Crippen LogP) is 1.90. The van der Waals surface area contributed by atoms with Gasteiger partial charge in [-0.25, -0.2) is 4.98 Å². The molecule has 0 atom stereocenters. The van der Waals surface area contributed by atoms with Gasteiger partial charge in [-0.15, -0.1) is 0 Å². The average Bonchev–Trinajstić information content (AvgIpc) is 3.24. The summed E-state index contributed by atoms with van der Waals surface area (Å²) in [5, 5.41) is 9.78. The van der Waals surface area contributed by atoms with Crippen LogP contribution in [0.15, 0.2) is 24.4 Å². The molecule has 1 aliphatic rings. The molecule has 22 heavy (non-hydrogen) atoms. The van der Waals surface area contributed by atoms with Gasteiger partial charge in [-0.3, -0.25) is 9.89 Å². The van der Waals surface area contributed by atoms with Crippen LogP contribution < -0.4 is 10.2 Å². The van der Waals surface area contributed by atoms with E-state index < -0.39 is 0 Å². The van der Waals surface area contributed by atoms with Crippen LogP contribution in [0.4, 0.5) is 5.82 Å². The molecule has 2 aromatic rings. The highest BCUT2D eigenvalue weighted by molar-refractivity contribution is 5.92. The Labute approximate surface area is 129 Å². The lowest BCUT2D eigenvalue weighted by Crippen LogP contribution is -2.24. The summed E-state index contributed by atoms with van der Waals surface area (Å²) < 4.78 is 0. The fourth-order valence-corrected chi connectivity index (χ4v) is 2.62. The molecule has 116 valence electrons. The van der Waals surface area contributed by atoms with Gasteiger partial charge < -0.3 is 10.2 Å². The van der Waals surface area contributed by atoms with Crippen LogP contribution in [0.25, 0.3) is 0 Å². The van der Waals surface area contributed by atoms with E-state index in [0.29, 0.717) is 12.2 Å². The molecule has 3 rings (SSSR count). The largest absolute Gasteiger partial charge is 0.357 e. The van der Waals surface area contributed by atoms with Crippen molar-refractivity contribution in [1.82, 2.24) is 20.5 Å². The van der Waals surface area contributed by atoms with Crippen LogP contribution in [0.2, 0.25) is 0 Å². The fraction of sp³-hybridized carbons (Fsp3) is 0.438. The van der Waals surface area contributed by atoms with Gasteiger partial charge in [0.25, 0.3) is 5.91 Å². The molecule has 0 unspecified atom stereocenters. The zero-order valence-corrected chi connectivity index (χ0v) is 12.8. The average molecular weight is 299 g/mol. The van der Waals surface area contributed by atoms with Gasteiger partial charge in [-0.1, -0.05) is 6.92 Å². The number of carbonyl (C=O) groups is 1. The number of H-pyrrole nitrogens is 1. The lowest BCUT2D eigenvalue weighted by atomic mass is 10.2. The second-order valence-electron chi connectivity index (χ2n) is 5.53. The highest BCUT2D eigenvalue weighted by Gasteiger charge is 2.14. The van der Waals surface area contributed by atoms with E-state index in [9.17, 15) is 4.79 Å². The molecule has 0 aliphatic carbocycles. The van der Waals surface area contributed by atoms with Crippen molar-refractivity contribution >= 4 is 11.7 Å². The first-order chi connectivity index (χ1) is 10.8. The number of carbonyl (C=O) groups excluding carboxylic acids is 1. The number of aryl methyl sites for hydroxylation is 1. The van der Waals surface area contributed by atoms with Gasteiger partial charge in [-0.05, 0) is 43.0 Å². The van der Waals surface area contributed by atoms with Gasteiger partial charge in [0.15, 0.2) is 0 Å². The maximum Gasteiger partial charge on any atom is 0.272 e. The van der Waals surface area contributed by atoms with E-state index in [0.717, 1.165) is 36.6 Å². The Morgan fingerprint density at radius 2 is 2.18 bits per heavy atom. The van der Waals surface area contributed by atoms with Crippen molar-refractivity contribution in [3.63, 3.8) is 0 Å². The van der Waals surface area contributed by atoms with Gasteiger partial charge in [0.2, 0.25) is 0 Å². The summed E-state index contributed by atoms with van der Waals surface area (Å²) in [4.78, 5) is 18.8. The number of nitrogens with one attached hydrogen (secondary N) is 2. The Morgan fingerprint density at radius 1 is 1.36 bits per heavy atom. The quantitative estimate of drug-likeness (QED) is 0.884. The zero-order chi connectivity index (χ0) is 15.4. The number of hydrogen-bond donors (Lipinski definition) is 2. The summed E-state index contributed by atoms with van der Waals surface area (Å²) in [7, 11) is 0. The highest BCUT2D eigenvalue weighted by Crippen LogP contribution is 2.18. The van der Waals surface area contributed by atoms with Crippen LogP contribution in [0, 0.1) is 0 Å². The Bertz CT molecular complexity index is 645. The number of amides is 1. The Hall–Kier alpha value is -2.37. The minimum atomic E-state index is -0.157. The van der Waals surface area contributed by atoms with Gasteiger partial charge in [0, 0.05) is 31.5 Å². The normalized spacial score (nSPS) is 14.3. The SMILES string of the molecule is CCc1cc(C(=O)NCc2ccnc(N3CCCC3)c2)n[nH]1. The number of aromatic nitrogens is 3. The molecule has 1 aliphatic heterocycles. The minimum Gasteiger partial charge on any atom is -0.357 e. The van der Waals surface area contributed by atoms with Crippen LogP contribution in [-0.4, -0.2) is 34.2 Å². The van der Waals surface area contributed by atoms with Crippen LogP contribution in [-0.2, 0) is 13.0 Å². The molecule has 2 aromatic heterocycles. The lowest BCUT2D eigenvalue weighted by molar-refractivity contribution is 0.0946. The summed E-state index contributed by atoms with van der Waals surface area (Å²) in [5.41, 5.74) is 2.45. The van der Waals surface area contributed by atoms with Crippen molar-refractivity contribution in [2.45, 2.75) is 32.7 Å². The molecule has 0 aromatic carbocycles. The first-order valence-corrected chi connectivity index (χ1v) is 7.78. The Balaban J connectivity index is 1.61. The maximum absolute atomic E-state index is 12.1. The number of hydrogen-bond acceptors (Lipinski definition) is 4. The van der Waals surface area contributed by atoms with E-state index in [4.69, 9.17) is 0 Å².